The van der Waals surface area contributed by atoms with Gasteiger partial charge in [-0.3, -0.25) is 0 Å². The minimum absolute atomic E-state index is 0.106. The van der Waals surface area contributed by atoms with Crippen LogP contribution >= 0.6 is 11.6 Å². The van der Waals surface area contributed by atoms with Gasteiger partial charge in [-0.1, -0.05) is 0 Å². The summed E-state index contributed by atoms with van der Waals surface area (Å²) in [5.74, 6) is 0.678. The van der Waals surface area contributed by atoms with Gasteiger partial charge in [0, 0.05) is 0 Å². The monoisotopic (exact) mass is 205 g/mol. The maximum atomic E-state index is 8.73. The lowest BCUT2D eigenvalue weighted by Gasteiger charge is -2.11. The van der Waals surface area contributed by atoms with Crippen molar-refractivity contribution in [2.45, 2.75) is 12.6 Å². The van der Waals surface area contributed by atoms with Crippen LogP contribution < -0.4 is 5.32 Å². The highest BCUT2D eigenvalue weighted by molar-refractivity contribution is 6.28. The van der Waals surface area contributed by atoms with Gasteiger partial charge in [-0.2, -0.15) is 0 Å². The Morgan fingerprint density at radius 3 is 2.54 bits per heavy atom. The first kappa shape index (κ1) is 10.5. The summed E-state index contributed by atoms with van der Waals surface area (Å²) in [7, 11) is 0. The van der Waals surface area contributed by atoms with Crippen molar-refractivity contribution in [3.8, 4) is 0 Å². The molecule has 3 N–H and O–H groups in total. The standard InChI is InChI=1S/C8H12ClNO3/c9-8-2-1-7(13-8)3-10-6(4-11)5-12/h1-2,6,10-12H,3-5H2. The highest BCUT2D eigenvalue weighted by atomic mass is 35.5. The average molecular weight is 206 g/mol. The summed E-state index contributed by atoms with van der Waals surface area (Å²) in [4.78, 5) is 0. The molecule has 1 heterocycles. The van der Waals surface area contributed by atoms with Gasteiger partial charge in [-0.25, -0.2) is 0 Å². The maximum absolute atomic E-state index is 8.73. The van der Waals surface area contributed by atoms with E-state index in [1.807, 2.05) is 0 Å². The molecular formula is C8H12ClNO3. The third-order valence-corrected chi connectivity index (χ3v) is 1.84. The van der Waals surface area contributed by atoms with Crippen LogP contribution in [0.25, 0.3) is 0 Å². The maximum Gasteiger partial charge on any atom is 0.193 e. The van der Waals surface area contributed by atoms with Crippen molar-refractivity contribution in [3.05, 3.63) is 23.1 Å². The van der Waals surface area contributed by atoms with E-state index >= 15 is 0 Å². The molecule has 13 heavy (non-hydrogen) atoms. The van der Waals surface area contributed by atoms with E-state index in [0.717, 1.165) is 0 Å². The molecule has 0 fully saturated rings. The van der Waals surface area contributed by atoms with Crippen molar-refractivity contribution < 1.29 is 14.6 Å². The third kappa shape index (κ3) is 3.36. The molecule has 0 saturated heterocycles. The number of nitrogens with one attached hydrogen (secondary N) is 1. The number of hydrogen-bond acceptors (Lipinski definition) is 4. The number of furan rings is 1. The van der Waals surface area contributed by atoms with Crippen molar-refractivity contribution in [1.82, 2.24) is 5.32 Å². The van der Waals surface area contributed by atoms with Gasteiger partial charge in [0.05, 0.1) is 25.8 Å². The lowest BCUT2D eigenvalue weighted by molar-refractivity contribution is 0.168. The molecule has 1 aromatic heterocycles. The van der Waals surface area contributed by atoms with Crippen molar-refractivity contribution in [2.24, 2.45) is 0 Å². The van der Waals surface area contributed by atoms with E-state index in [0.29, 0.717) is 17.5 Å². The number of hydrogen-bond donors (Lipinski definition) is 3. The highest BCUT2D eigenvalue weighted by Crippen LogP contribution is 2.12. The Kier molecular flexibility index (Phi) is 4.24. The summed E-state index contributed by atoms with van der Waals surface area (Å²) in [6.07, 6.45) is 0. The number of halogens is 1. The first-order valence-corrected chi connectivity index (χ1v) is 4.33. The second kappa shape index (κ2) is 5.24. The molecule has 0 unspecified atom stereocenters. The Labute approximate surface area is 81.1 Å². The predicted octanol–water partition coefficient (Wildman–Crippen LogP) is 0.376. The van der Waals surface area contributed by atoms with Gasteiger partial charge in [0.15, 0.2) is 5.22 Å². The average Bonchev–Trinajstić information content (AvgIpc) is 2.53. The topological polar surface area (TPSA) is 65.6 Å². The van der Waals surface area contributed by atoms with E-state index in [2.05, 4.69) is 5.32 Å². The lowest BCUT2D eigenvalue weighted by atomic mass is 10.3. The molecule has 4 nitrogen and oxygen atoms in total. The minimum Gasteiger partial charge on any atom is -0.448 e. The van der Waals surface area contributed by atoms with Crippen molar-refractivity contribution in [1.29, 1.82) is 0 Å². The zero-order chi connectivity index (χ0) is 9.68. The summed E-state index contributed by atoms with van der Waals surface area (Å²) < 4.78 is 5.06. The molecule has 0 saturated carbocycles. The summed E-state index contributed by atoms with van der Waals surface area (Å²) in [5, 5.41) is 20.7. The van der Waals surface area contributed by atoms with Gasteiger partial charge in [-0.15, -0.1) is 0 Å². The van der Waals surface area contributed by atoms with Gasteiger partial charge in [0.1, 0.15) is 5.76 Å². The lowest BCUT2D eigenvalue weighted by Crippen LogP contribution is -2.35. The van der Waals surface area contributed by atoms with Crippen LogP contribution in [0.5, 0.6) is 0 Å². The molecule has 1 rings (SSSR count). The molecule has 0 spiro atoms. The van der Waals surface area contributed by atoms with Gasteiger partial charge in [0.25, 0.3) is 0 Å². The number of rotatable bonds is 5. The van der Waals surface area contributed by atoms with Crippen molar-refractivity contribution in [3.63, 3.8) is 0 Å². The normalized spacial score (nSPS) is 11.1. The molecule has 5 heteroatoms. The first-order valence-electron chi connectivity index (χ1n) is 3.95. The van der Waals surface area contributed by atoms with Gasteiger partial charge in [0.2, 0.25) is 0 Å². The molecule has 0 radical (unpaired) electrons. The van der Waals surface area contributed by atoms with Crippen LogP contribution in [0.4, 0.5) is 0 Å². The summed E-state index contributed by atoms with van der Waals surface area (Å²) >= 11 is 5.55. The molecule has 0 aromatic carbocycles. The van der Waals surface area contributed by atoms with Gasteiger partial charge in [-0.05, 0) is 23.7 Å². The zero-order valence-electron chi connectivity index (χ0n) is 7.03. The first-order chi connectivity index (χ1) is 6.26. The summed E-state index contributed by atoms with van der Waals surface area (Å²) in [6, 6.07) is 3.07. The molecule has 0 bridgehead atoms. The van der Waals surface area contributed by atoms with Gasteiger partial charge < -0.3 is 19.9 Å². The SMILES string of the molecule is OCC(CO)NCc1ccc(Cl)o1. The molecule has 74 valence electrons. The number of aliphatic hydroxyl groups excluding tert-OH is 2. The fourth-order valence-electron chi connectivity index (χ4n) is 0.879. The van der Waals surface area contributed by atoms with Gasteiger partial charge >= 0.3 is 0 Å². The van der Waals surface area contributed by atoms with E-state index in [-0.39, 0.29) is 19.3 Å². The quantitative estimate of drug-likeness (QED) is 0.650. The molecule has 0 aliphatic carbocycles. The van der Waals surface area contributed by atoms with E-state index < -0.39 is 0 Å². The van der Waals surface area contributed by atoms with Crippen LogP contribution in [0, 0.1) is 0 Å². The van der Waals surface area contributed by atoms with Crippen LogP contribution in [-0.4, -0.2) is 29.5 Å². The molecule has 0 atom stereocenters. The van der Waals surface area contributed by atoms with E-state index in [1.54, 1.807) is 12.1 Å². The largest absolute Gasteiger partial charge is 0.448 e. The fraction of sp³-hybridized carbons (Fsp3) is 0.500. The Morgan fingerprint density at radius 1 is 1.38 bits per heavy atom. The second-order valence-electron chi connectivity index (χ2n) is 2.65. The van der Waals surface area contributed by atoms with E-state index in [1.165, 1.54) is 0 Å². The predicted molar refractivity (Wildman–Crippen MR) is 48.5 cm³/mol. The second-order valence-corrected chi connectivity index (χ2v) is 3.02. The van der Waals surface area contributed by atoms with E-state index in [4.69, 9.17) is 26.2 Å². The summed E-state index contributed by atoms with van der Waals surface area (Å²) in [5.41, 5.74) is 0. The fourth-order valence-corrected chi connectivity index (χ4v) is 1.04. The molecule has 0 amide bonds. The molecule has 1 aromatic rings. The Hall–Kier alpha value is -0.550. The van der Waals surface area contributed by atoms with Crippen LogP contribution in [0.15, 0.2) is 16.5 Å². The van der Waals surface area contributed by atoms with Crippen LogP contribution in [0.1, 0.15) is 5.76 Å². The minimum atomic E-state index is -0.316. The zero-order valence-corrected chi connectivity index (χ0v) is 7.79. The molecule has 0 aliphatic rings. The Balaban J connectivity index is 2.33. The number of aliphatic hydroxyl groups is 2. The summed E-state index contributed by atoms with van der Waals surface area (Å²) in [6.45, 7) is 0.231. The Bertz CT molecular complexity index is 247. The van der Waals surface area contributed by atoms with E-state index in [9.17, 15) is 0 Å². The van der Waals surface area contributed by atoms with Crippen LogP contribution in [0.2, 0.25) is 5.22 Å². The third-order valence-electron chi connectivity index (χ3n) is 1.63. The Morgan fingerprint density at radius 2 is 2.08 bits per heavy atom. The van der Waals surface area contributed by atoms with Crippen LogP contribution in [-0.2, 0) is 6.54 Å². The molecular weight excluding hydrogens is 194 g/mol. The van der Waals surface area contributed by atoms with Crippen molar-refractivity contribution in [2.75, 3.05) is 13.2 Å². The van der Waals surface area contributed by atoms with Crippen LogP contribution in [0.3, 0.4) is 0 Å². The smallest absolute Gasteiger partial charge is 0.193 e. The molecule has 0 aliphatic heterocycles. The van der Waals surface area contributed by atoms with Crippen molar-refractivity contribution >= 4 is 11.6 Å². The highest BCUT2D eigenvalue weighted by Gasteiger charge is 2.06.